The minimum atomic E-state index is 0.815. The van der Waals surface area contributed by atoms with Crippen LogP contribution in [-0.2, 0) is 0 Å². The second kappa shape index (κ2) is 2.54. The summed E-state index contributed by atoms with van der Waals surface area (Å²) in [5.74, 6) is 0. The maximum atomic E-state index is 5.64. The van der Waals surface area contributed by atoms with Crippen molar-refractivity contribution in [2.24, 2.45) is 0 Å². The first kappa shape index (κ1) is 7.48. The van der Waals surface area contributed by atoms with Crippen LogP contribution in [0.4, 0.5) is 5.69 Å². The van der Waals surface area contributed by atoms with E-state index in [2.05, 4.69) is 12.6 Å². The van der Waals surface area contributed by atoms with Gasteiger partial charge >= 0.3 is 0 Å². The standard InChI is InChI=1S/C8H11NS/c1-5-3-4-7(9)6(2)8(5)10/h3-4,10H,9H2,1-2H3. The summed E-state index contributed by atoms with van der Waals surface area (Å²) in [7, 11) is 0. The van der Waals surface area contributed by atoms with Crippen molar-refractivity contribution < 1.29 is 0 Å². The quantitative estimate of drug-likeness (QED) is 0.433. The summed E-state index contributed by atoms with van der Waals surface area (Å²) in [5.41, 5.74) is 8.70. The summed E-state index contributed by atoms with van der Waals surface area (Å²) in [4.78, 5) is 1.00. The van der Waals surface area contributed by atoms with Crippen molar-refractivity contribution in [2.75, 3.05) is 5.73 Å². The van der Waals surface area contributed by atoms with Gasteiger partial charge in [-0.2, -0.15) is 0 Å². The fraction of sp³-hybridized carbons (Fsp3) is 0.250. The summed E-state index contributed by atoms with van der Waals surface area (Å²) >= 11 is 4.30. The third-order valence-corrected chi connectivity index (χ3v) is 2.36. The number of hydrogen-bond donors (Lipinski definition) is 2. The smallest absolute Gasteiger partial charge is 0.0355 e. The van der Waals surface area contributed by atoms with E-state index in [0.29, 0.717) is 0 Å². The van der Waals surface area contributed by atoms with Crippen molar-refractivity contribution in [1.82, 2.24) is 0 Å². The molecule has 0 aliphatic carbocycles. The molecule has 2 N–H and O–H groups in total. The highest BCUT2D eigenvalue weighted by Gasteiger charge is 1.99. The summed E-state index contributed by atoms with van der Waals surface area (Å²) < 4.78 is 0. The van der Waals surface area contributed by atoms with E-state index in [-0.39, 0.29) is 0 Å². The third-order valence-electron chi connectivity index (χ3n) is 1.67. The van der Waals surface area contributed by atoms with Crippen molar-refractivity contribution in [2.45, 2.75) is 18.7 Å². The number of rotatable bonds is 0. The molecule has 0 heterocycles. The summed E-state index contributed by atoms with van der Waals surface area (Å²) in [6.45, 7) is 4.00. The van der Waals surface area contributed by atoms with Gasteiger partial charge in [0.15, 0.2) is 0 Å². The first-order valence-electron chi connectivity index (χ1n) is 3.17. The van der Waals surface area contributed by atoms with Gasteiger partial charge in [-0.05, 0) is 31.0 Å². The van der Waals surface area contributed by atoms with Crippen molar-refractivity contribution in [3.63, 3.8) is 0 Å². The molecular formula is C8H11NS. The number of benzene rings is 1. The van der Waals surface area contributed by atoms with Gasteiger partial charge in [0.2, 0.25) is 0 Å². The Bertz CT molecular complexity index is 229. The van der Waals surface area contributed by atoms with Gasteiger partial charge in [0.05, 0.1) is 0 Å². The zero-order valence-electron chi connectivity index (χ0n) is 6.18. The molecule has 0 radical (unpaired) electrons. The Kier molecular flexibility index (Phi) is 1.90. The first-order valence-corrected chi connectivity index (χ1v) is 3.62. The Morgan fingerprint density at radius 2 is 1.90 bits per heavy atom. The molecule has 0 spiro atoms. The SMILES string of the molecule is Cc1ccc(N)c(C)c1S. The Hall–Kier alpha value is -0.630. The van der Waals surface area contributed by atoms with E-state index in [4.69, 9.17) is 5.73 Å². The third kappa shape index (κ3) is 1.12. The molecule has 1 rings (SSSR count). The highest BCUT2D eigenvalue weighted by Crippen LogP contribution is 2.22. The van der Waals surface area contributed by atoms with Crippen molar-refractivity contribution in [3.8, 4) is 0 Å². The van der Waals surface area contributed by atoms with Gasteiger partial charge in [0, 0.05) is 10.6 Å². The molecule has 1 nitrogen and oxygen atoms in total. The summed E-state index contributed by atoms with van der Waals surface area (Å²) in [5, 5.41) is 0. The minimum absolute atomic E-state index is 0.815. The molecular weight excluding hydrogens is 142 g/mol. The molecule has 0 aliphatic rings. The maximum absolute atomic E-state index is 5.64. The van der Waals surface area contributed by atoms with Crippen LogP contribution in [0, 0.1) is 13.8 Å². The van der Waals surface area contributed by atoms with Crippen LogP contribution in [0.3, 0.4) is 0 Å². The highest BCUT2D eigenvalue weighted by molar-refractivity contribution is 7.80. The van der Waals surface area contributed by atoms with Gasteiger partial charge in [-0.25, -0.2) is 0 Å². The van der Waals surface area contributed by atoms with Gasteiger partial charge in [-0.1, -0.05) is 6.07 Å². The molecule has 0 saturated heterocycles. The monoisotopic (exact) mass is 153 g/mol. The molecule has 0 unspecified atom stereocenters. The first-order chi connectivity index (χ1) is 4.63. The number of nitrogens with two attached hydrogens (primary N) is 1. The lowest BCUT2D eigenvalue weighted by Gasteiger charge is -2.05. The number of anilines is 1. The molecule has 0 atom stereocenters. The molecule has 0 aliphatic heterocycles. The predicted molar refractivity (Wildman–Crippen MR) is 47.6 cm³/mol. The molecule has 54 valence electrons. The molecule has 0 aromatic heterocycles. The van der Waals surface area contributed by atoms with Crippen LogP contribution < -0.4 is 5.73 Å². The van der Waals surface area contributed by atoms with Crippen LogP contribution in [0.25, 0.3) is 0 Å². The zero-order valence-corrected chi connectivity index (χ0v) is 7.07. The largest absolute Gasteiger partial charge is 0.398 e. The molecule has 1 aromatic carbocycles. The van der Waals surface area contributed by atoms with Crippen LogP contribution in [0.5, 0.6) is 0 Å². The van der Waals surface area contributed by atoms with Gasteiger partial charge < -0.3 is 5.73 Å². The van der Waals surface area contributed by atoms with Gasteiger partial charge in [-0.3, -0.25) is 0 Å². The van der Waals surface area contributed by atoms with Gasteiger partial charge in [0.1, 0.15) is 0 Å². The lowest BCUT2D eigenvalue weighted by Crippen LogP contribution is -1.91. The van der Waals surface area contributed by atoms with E-state index in [1.165, 1.54) is 5.56 Å². The summed E-state index contributed by atoms with van der Waals surface area (Å²) in [6, 6.07) is 3.88. The second-order valence-corrected chi connectivity index (χ2v) is 2.89. The zero-order chi connectivity index (χ0) is 7.72. The van der Waals surface area contributed by atoms with Crippen molar-refractivity contribution in [3.05, 3.63) is 23.3 Å². The second-order valence-electron chi connectivity index (χ2n) is 2.45. The summed E-state index contributed by atoms with van der Waals surface area (Å²) in [6.07, 6.45) is 0. The van der Waals surface area contributed by atoms with Crippen LogP contribution >= 0.6 is 12.6 Å². The Labute approximate surface area is 66.7 Å². The molecule has 1 aromatic rings. The van der Waals surface area contributed by atoms with E-state index >= 15 is 0 Å². The van der Waals surface area contributed by atoms with Crippen LogP contribution in [0.2, 0.25) is 0 Å². The van der Waals surface area contributed by atoms with Crippen LogP contribution in [-0.4, -0.2) is 0 Å². The van der Waals surface area contributed by atoms with Crippen molar-refractivity contribution in [1.29, 1.82) is 0 Å². The average Bonchev–Trinajstić information content (AvgIpc) is 1.93. The topological polar surface area (TPSA) is 26.0 Å². The fourth-order valence-electron chi connectivity index (χ4n) is 0.851. The van der Waals surface area contributed by atoms with Crippen LogP contribution in [0.1, 0.15) is 11.1 Å². The Morgan fingerprint density at radius 1 is 1.30 bits per heavy atom. The van der Waals surface area contributed by atoms with E-state index in [9.17, 15) is 0 Å². The maximum Gasteiger partial charge on any atom is 0.0355 e. The molecule has 2 heteroatoms. The van der Waals surface area contributed by atoms with E-state index < -0.39 is 0 Å². The predicted octanol–water partition coefficient (Wildman–Crippen LogP) is 2.17. The number of nitrogen functional groups attached to an aromatic ring is 1. The fourth-order valence-corrected chi connectivity index (χ4v) is 1.05. The molecule has 0 fully saturated rings. The molecule has 0 amide bonds. The lowest BCUT2D eigenvalue weighted by molar-refractivity contribution is 1.23. The molecule has 0 saturated carbocycles. The van der Waals surface area contributed by atoms with E-state index in [1.807, 2.05) is 26.0 Å². The van der Waals surface area contributed by atoms with E-state index in [0.717, 1.165) is 16.1 Å². The number of thiol groups is 1. The Balaban J connectivity index is 3.34. The van der Waals surface area contributed by atoms with Crippen molar-refractivity contribution >= 4 is 18.3 Å². The van der Waals surface area contributed by atoms with Gasteiger partial charge in [0.25, 0.3) is 0 Å². The minimum Gasteiger partial charge on any atom is -0.398 e. The lowest BCUT2D eigenvalue weighted by atomic mass is 10.1. The highest BCUT2D eigenvalue weighted by atomic mass is 32.1. The van der Waals surface area contributed by atoms with Gasteiger partial charge in [-0.15, -0.1) is 12.6 Å². The Morgan fingerprint density at radius 3 is 2.40 bits per heavy atom. The normalized spacial score (nSPS) is 9.90. The van der Waals surface area contributed by atoms with E-state index in [1.54, 1.807) is 0 Å². The number of hydrogen-bond acceptors (Lipinski definition) is 2. The number of aryl methyl sites for hydroxylation is 1. The van der Waals surface area contributed by atoms with Crippen LogP contribution in [0.15, 0.2) is 17.0 Å². The average molecular weight is 153 g/mol. The molecule has 0 bridgehead atoms. The molecule has 10 heavy (non-hydrogen) atoms.